The van der Waals surface area contributed by atoms with Gasteiger partial charge in [-0.25, -0.2) is 9.78 Å². The molecule has 0 saturated carbocycles. The Morgan fingerprint density at radius 3 is 2.89 bits per heavy atom. The fourth-order valence-electron chi connectivity index (χ4n) is 1.72. The largest absolute Gasteiger partial charge is 0.465 e. The number of hydrogen-bond donors (Lipinski definition) is 1. The number of nitrogens with zero attached hydrogens (tertiary/aromatic N) is 1. The Labute approximate surface area is 115 Å². The van der Waals surface area contributed by atoms with Gasteiger partial charge >= 0.3 is 5.97 Å². The second-order valence-electron chi connectivity index (χ2n) is 4.14. The number of aromatic nitrogens is 1. The number of carbonyl (C=O) groups is 1. The molecule has 2 rings (SSSR count). The van der Waals surface area contributed by atoms with Crippen LogP contribution in [0.3, 0.4) is 0 Å². The number of thiazole rings is 1. The van der Waals surface area contributed by atoms with E-state index in [1.165, 1.54) is 12.0 Å². The zero-order chi connectivity index (χ0) is 13.8. The first kappa shape index (κ1) is 13.8. The lowest BCUT2D eigenvalue weighted by atomic mass is 10.2. The average Bonchev–Trinajstić information content (AvgIpc) is 2.95. The first-order valence-electron chi connectivity index (χ1n) is 5.90. The molecular weight excluding hydrogens is 264 g/mol. The SMILES string of the molecule is COC(=O)c1cc(CNCc2ncc(C)s2)oc1C. The maximum absolute atomic E-state index is 11.4. The minimum Gasteiger partial charge on any atom is -0.465 e. The van der Waals surface area contributed by atoms with E-state index in [1.807, 2.05) is 13.1 Å². The Kier molecular flexibility index (Phi) is 4.34. The number of esters is 1. The molecule has 0 aliphatic rings. The fourth-order valence-corrected chi connectivity index (χ4v) is 2.48. The van der Waals surface area contributed by atoms with Crippen molar-refractivity contribution in [3.63, 3.8) is 0 Å². The van der Waals surface area contributed by atoms with E-state index in [-0.39, 0.29) is 5.97 Å². The van der Waals surface area contributed by atoms with Crippen LogP contribution < -0.4 is 5.32 Å². The molecule has 0 bridgehead atoms. The maximum atomic E-state index is 11.4. The van der Waals surface area contributed by atoms with Crippen LogP contribution in [0.1, 0.15) is 31.8 Å². The summed E-state index contributed by atoms with van der Waals surface area (Å²) in [5.74, 6) is 0.919. The molecule has 2 aromatic heterocycles. The van der Waals surface area contributed by atoms with Gasteiger partial charge in [0.15, 0.2) is 0 Å². The third-order valence-electron chi connectivity index (χ3n) is 2.62. The van der Waals surface area contributed by atoms with Crippen molar-refractivity contribution in [2.24, 2.45) is 0 Å². The minimum atomic E-state index is -0.372. The quantitative estimate of drug-likeness (QED) is 0.852. The van der Waals surface area contributed by atoms with Crippen molar-refractivity contribution in [2.45, 2.75) is 26.9 Å². The maximum Gasteiger partial charge on any atom is 0.341 e. The van der Waals surface area contributed by atoms with E-state index in [1.54, 1.807) is 24.3 Å². The van der Waals surface area contributed by atoms with Crippen molar-refractivity contribution in [3.05, 3.63) is 39.2 Å². The Morgan fingerprint density at radius 2 is 2.26 bits per heavy atom. The van der Waals surface area contributed by atoms with Gasteiger partial charge < -0.3 is 14.5 Å². The molecule has 2 heterocycles. The van der Waals surface area contributed by atoms with Crippen LogP contribution in [0.25, 0.3) is 0 Å². The molecule has 0 atom stereocenters. The van der Waals surface area contributed by atoms with Gasteiger partial charge in [-0.2, -0.15) is 0 Å². The lowest BCUT2D eigenvalue weighted by Crippen LogP contribution is -2.11. The van der Waals surface area contributed by atoms with Crippen LogP contribution in [0.15, 0.2) is 16.7 Å². The number of nitrogens with one attached hydrogen (secondary N) is 1. The van der Waals surface area contributed by atoms with Crippen molar-refractivity contribution in [1.29, 1.82) is 0 Å². The molecule has 0 spiro atoms. The van der Waals surface area contributed by atoms with Gasteiger partial charge in [0.2, 0.25) is 0 Å². The number of carbonyl (C=O) groups excluding carboxylic acids is 1. The molecule has 0 radical (unpaired) electrons. The highest BCUT2D eigenvalue weighted by Gasteiger charge is 2.14. The topological polar surface area (TPSA) is 64.4 Å². The van der Waals surface area contributed by atoms with E-state index in [0.717, 1.165) is 5.01 Å². The van der Waals surface area contributed by atoms with Gasteiger partial charge in [-0.1, -0.05) is 0 Å². The predicted octanol–water partition coefficient (Wildman–Crippen LogP) is 2.43. The first-order valence-corrected chi connectivity index (χ1v) is 6.71. The molecule has 0 aliphatic carbocycles. The molecular formula is C13H16N2O3S. The summed E-state index contributed by atoms with van der Waals surface area (Å²) in [6.07, 6.45) is 1.86. The zero-order valence-electron chi connectivity index (χ0n) is 11.1. The summed E-state index contributed by atoms with van der Waals surface area (Å²) in [6.45, 7) is 5.02. The van der Waals surface area contributed by atoms with Gasteiger partial charge in [0.05, 0.1) is 13.7 Å². The molecule has 0 saturated heterocycles. The third-order valence-corrected chi connectivity index (χ3v) is 3.53. The summed E-state index contributed by atoms with van der Waals surface area (Å²) in [5.41, 5.74) is 0.476. The second kappa shape index (κ2) is 5.99. The van der Waals surface area contributed by atoms with Crippen LogP contribution in [0.5, 0.6) is 0 Å². The van der Waals surface area contributed by atoms with Gasteiger partial charge in [0, 0.05) is 17.6 Å². The van der Waals surface area contributed by atoms with E-state index < -0.39 is 0 Å². The summed E-state index contributed by atoms with van der Waals surface area (Å²) in [6, 6.07) is 1.71. The highest BCUT2D eigenvalue weighted by molar-refractivity contribution is 7.11. The minimum absolute atomic E-state index is 0.372. The van der Waals surface area contributed by atoms with E-state index >= 15 is 0 Å². The number of hydrogen-bond acceptors (Lipinski definition) is 6. The highest BCUT2D eigenvalue weighted by atomic mass is 32.1. The predicted molar refractivity (Wildman–Crippen MR) is 72.2 cm³/mol. The third kappa shape index (κ3) is 3.42. The Hall–Kier alpha value is -1.66. The molecule has 19 heavy (non-hydrogen) atoms. The lowest BCUT2D eigenvalue weighted by Gasteiger charge is -1.98. The number of furan rings is 1. The van der Waals surface area contributed by atoms with Gasteiger partial charge in [0.1, 0.15) is 22.1 Å². The second-order valence-corrected chi connectivity index (χ2v) is 5.46. The molecule has 2 aromatic rings. The van der Waals surface area contributed by atoms with Crippen molar-refractivity contribution in [3.8, 4) is 0 Å². The summed E-state index contributed by atoms with van der Waals surface area (Å²) >= 11 is 1.66. The Bertz CT molecular complexity index is 574. The number of rotatable bonds is 5. The summed E-state index contributed by atoms with van der Waals surface area (Å²) < 4.78 is 10.2. The monoisotopic (exact) mass is 280 g/mol. The van der Waals surface area contributed by atoms with E-state index in [0.29, 0.717) is 30.2 Å². The molecule has 6 heteroatoms. The molecule has 0 unspecified atom stereocenters. The molecule has 0 amide bonds. The molecule has 5 nitrogen and oxygen atoms in total. The number of methoxy groups -OCH3 is 1. The first-order chi connectivity index (χ1) is 9.10. The van der Waals surface area contributed by atoms with Crippen LogP contribution in [-0.2, 0) is 17.8 Å². The number of aryl methyl sites for hydroxylation is 2. The van der Waals surface area contributed by atoms with Crippen LogP contribution in [0.4, 0.5) is 0 Å². The smallest absolute Gasteiger partial charge is 0.341 e. The summed E-state index contributed by atoms with van der Waals surface area (Å²) in [7, 11) is 1.36. The normalized spacial score (nSPS) is 10.7. The van der Waals surface area contributed by atoms with Gasteiger partial charge in [-0.15, -0.1) is 11.3 Å². The van der Waals surface area contributed by atoms with Crippen molar-refractivity contribution < 1.29 is 13.9 Å². The average molecular weight is 280 g/mol. The van der Waals surface area contributed by atoms with Crippen molar-refractivity contribution >= 4 is 17.3 Å². The standard InChI is InChI=1S/C13H16N2O3S/c1-8-5-15-12(19-8)7-14-6-10-4-11(9(2)18-10)13(16)17-3/h4-5,14H,6-7H2,1-3H3. The van der Waals surface area contributed by atoms with Gasteiger partial charge in [-0.3, -0.25) is 0 Å². The molecule has 1 N–H and O–H groups in total. The molecule has 102 valence electrons. The molecule has 0 aliphatic heterocycles. The van der Waals surface area contributed by atoms with Crippen LogP contribution in [0, 0.1) is 13.8 Å². The highest BCUT2D eigenvalue weighted by Crippen LogP contribution is 2.16. The van der Waals surface area contributed by atoms with E-state index in [9.17, 15) is 4.79 Å². The lowest BCUT2D eigenvalue weighted by molar-refractivity contribution is 0.0599. The Balaban J connectivity index is 1.91. The van der Waals surface area contributed by atoms with Crippen molar-refractivity contribution in [2.75, 3.05) is 7.11 Å². The Morgan fingerprint density at radius 1 is 1.47 bits per heavy atom. The van der Waals surface area contributed by atoms with E-state index in [4.69, 9.17) is 4.42 Å². The number of ether oxygens (including phenoxy) is 1. The van der Waals surface area contributed by atoms with E-state index in [2.05, 4.69) is 15.0 Å². The molecule has 0 fully saturated rings. The van der Waals surface area contributed by atoms with Gasteiger partial charge in [0.25, 0.3) is 0 Å². The fraction of sp³-hybridized carbons (Fsp3) is 0.385. The summed E-state index contributed by atoms with van der Waals surface area (Å²) in [5, 5.41) is 4.27. The summed E-state index contributed by atoms with van der Waals surface area (Å²) in [4.78, 5) is 16.9. The zero-order valence-corrected chi connectivity index (χ0v) is 12.0. The molecule has 0 aromatic carbocycles. The van der Waals surface area contributed by atoms with Crippen LogP contribution >= 0.6 is 11.3 Å². The van der Waals surface area contributed by atoms with Crippen LogP contribution in [-0.4, -0.2) is 18.1 Å². The van der Waals surface area contributed by atoms with Gasteiger partial charge in [-0.05, 0) is 19.9 Å². The van der Waals surface area contributed by atoms with Crippen LogP contribution in [0.2, 0.25) is 0 Å². The van der Waals surface area contributed by atoms with Crippen molar-refractivity contribution in [1.82, 2.24) is 10.3 Å².